The van der Waals surface area contributed by atoms with Crippen LogP contribution in [0.15, 0.2) is 0 Å². The highest BCUT2D eigenvalue weighted by Crippen LogP contribution is 2.42. The molecule has 5 heteroatoms. The molecule has 1 aliphatic rings. The number of rotatable bonds is 2. The predicted octanol–water partition coefficient (Wildman–Crippen LogP) is 2.00. The lowest BCUT2D eigenvalue weighted by Gasteiger charge is -2.44. The van der Waals surface area contributed by atoms with Crippen molar-refractivity contribution in [2.75, 3.05) is 20.6 Å². The molecule has 1 fully saturated rings. The number of hydrogen-bond donors (Lipinski definition) is 1. The zero-order chi connectivity index (χ0) is 11.7. The molecule has 0 radical (unpaired) electrons. The fraction of sp³-hybridized carbons (Fsp3) is 1.00. The molecule has 1 rings (SSSR count). The smallest absolute Gasteiger partial charge is 0.329 e. The lowest BCUT2D eigenvalue weighted by atomic mass is 9.75. The molecule has 0 atom stereocenters. The van der Waals surface area contributed by atoms with Gasteiger partial charge in [-0.1, -0.05) is 0 Å². The van der Waals surface area contributed by atoms with Crippen LogP contribution in [0.4, 0.5) is 13.2 Å². The third-order valence-corrected chi connectivity index (χ3v) is 3.71. The molecule has 0 spiro atoms. The summed E-state index contributed by atoms with van der Waals surface area (Å²) in [5.74, 6) is -1.13. The summed E-state index contributed by atoms with van der Waals surface area (Å²) in [6, 6.07) is 0. The van der Waals surface area contributed by atoms with Crippen LogP contribution in [0.25, 0.3) is 0 Å². The van der Waals surface area contributed by atoms with Crippen LogP contribution in [-0.2, 0) is 0 Å². The summed E-state index contributed by atoms with van der Waals surface area (Å²) < 4.78 is 37.4. The summed E-state index contributed by atoms with van der Waals surface area (Å²) in [6.07, 6.45) is -2.54. The molecule has 0 bridgehead atoms. The van der Waals surface area contributed by atoms with Gasteiger partial charge in [-0.2, -0.15) is 13.2 Å². The summed E-state index contributed by atoms with van der Waals surface area (Å²) in [7, 11) is 3.78. The first kappa shape index (κ1) is 12.8. The number of alkyl halides is 3. The monoisotopic (exact) mass is 224 g/mol. The number of nitrogens with zero attached hydrogens (tertiary/aromatic N) is 1. The number of likely N-dealkylation sites (N-methyl/N-ethyl adjacent to an activating group) is 1. The minimum Gasteiger partial charge on any atom is -0.329 e. The zero-order valence-corrected chi connectivity index (χ0v) is 9.27. The van der Waals surface area contributed by atoms with Crippen molar-refractivity contribution in [2.45, 2.75) is 37.4 Å². The number of halogens is 3. The van der Waals surface area contributed by atoms with E-state index in [0.29, 0.717) is 19.4 Å². The Morgan fingerprint density at radius 1 is 1.27 bits per heavy atom. The van der Waals surface area contributed by atoms with Crippen molar-refractivity contribution in [3.63, 3.8) is 0 Å². The molecule has 0 aliphatic heterocycles. The second-order valence-electron chi connectivity index (χ2n) is 4.64. The molecule has 0 saturated heterocycles. The van der Waals surface area contributed by atoms with Gasteiger partial charge in [-0.05, 0) is 39.8 Å². The summed E-state index contributed by atoms with van der Waals surface area (Å²) in [4.78, 5) is 1.97. The quantitative estimate of drug-likeness (QED) is 0.777. The van der Waals surface area contributed by atoms with Crippen LogP contribution in [0.2, 0.25) is 0 Å². The lowest BCUT2D eigenvalue weighted by Crippen LogP contribution is -2.53. The topological polar surface area (TPSA) is 29.3 Å². The van der Waals surface area contributed by atoms with Gasteiger partial charge in [0.15, 0.2) is 0 Å². The van der Waals surface area contributed by atoms with E-state index in [0.717, 1.165) is 0 Å². The maximum absolute atomic E-state index is 12.5. The van der Waals surface area contributed by atoms with Gasteiger partial charge in [-0.25, -0.2) is 0 Å². The van der Waals surface area contributed by atoms with E-state index < -0.39 is 12.1 Å². The van der Waals surface area contributed by atoms with Gasteiger partial charge < -0.3 is 10.6 Å². The van der Waals surface area contributed by atoms with Gasteiger partial charge in [0.25, 0.3) is 0 Å². The van der Waals surface area contributed by atoms with Crippen molar-refractivity contribution in [1.29, 1.82) is 0 Å². The van der Waals surface area contributed by atoms with Crippen molar-refractivity contribution < 1.29 is 13.2 Å². The van der Waals surface area contributed by atoms with Crippen LogP contribution in [0.3, 0.4) is 0 Å². The average molecular weight is 224 g/mol. The van der Waals surface area contributed by atoms with Crippen LogP contribution in [-0.4, -0.2) is 37.3 Å². The fourth-order valence-electron chi connectivity index (χ4n) is 2.32. The molecule has 2 N–H and O–H groups in total. The van der Waals surface area contributed by atoms with Gasteiger partial charge in [-0.15, -0.1) is 0 Å². The van der Waals surface area contributed by atoms with E-state index in [1.807, 2.05) is 19.0 Å². The standard InChI is InChI=1S/C10H19F3N2/c1-15(2)9(7-14)5-3-8(4-6-9)10(11,12)13/h8H,3-7,14H2,1-2H3. The first-order valence-electron chi connectivity index (χ1n) is 5.26. The molecule has 0 aromatic carbocycles. The largest absolute Gasteiger partial charge is 0.391 e. The molecule has 1 aliphatic carbocycles. The molecular formula is C10H19F3N2. The third-order valence-electron chi connectivity index (χ3n) is 3.71. The Balaban J connectivity index is 2.61. The van der Waals surface area contributed by atoms with Crippen molar-refractivity contribution in [3.05, 3.63) is 0 Å². The molecule has 1 saturated carbocycles. The average Bonchev–Trinajstić information content (AvgIpc) is 2.16. The summed E-state index contributed by atoms with van der Waals surface area (Å²) in [5.41, 5.74) is 5.45. The van der Waals surface area contributed by atoms with Gasteiger partial charge in [0.05, 0.1) is 5.92 Å². The fourth-order valence-corrected chi connectivity index (χ4v) is 2.32. The van der Waals surface area contributed by atoms with Crippen molar-refractivity contribution in [1.82, 2.24) is 4.90 Å². The molecule has 0 aromatic rings. The van der Waals surface area contributed by atoms with E-state index in [-0.39, 0.29) is 18.4 Å². The predicted molar refractivity (Wildman–Crippen MR) is 53.5 cm³/mol. The molecule has 0 aromatic heterocycles. The molecule has 90 valence electrons. The maximum Gasteiger partial charge on any atom is 0.391 e. The van der Waals surface area contributed by atoms with Crippen LogP contribution in [0, 0.1) is 5.92 Å². The SMILES string of the molecule is CN(C)C1(CN)CCC(C(F)(F)F)CC1. The molecule has 15 heavy (non-hydrogen) atoms. The van der Waals surface area contributed by atoms with E-state index in [2.05, 4.69) is 0 Å². The maximum atomic E-state index is 12.5. The van der Waals surface area contributed by atoms with Gasteiger partial charge in [-0.3, -0.25) is 0 Å². The Morgan fingerprint density at radius 2 is 1.73 bits per heavy atom. The van der Waals surface area contributed by atoms with Crippen LogP contribution in [0.1, 0.15) is 25.7 Å². The normalized spacial score (nSPS) is 33.4. The number of nitrogens with two attached hydrogens (primary N) is 1. The van der Waals surface area contributed by atoms with E-state index in [1.165, 1.54) is 0 Å². The van der Waals surface area contributed by atoms with Crippen molar-refractivity contribution in [3.8, 4) is 0 Å². The van der Waals surface area contributed by atoms with Gasteiger partial charge >= 0.3 is 6.18 Å². The first-order chi connectivity index (χ1) is 6.82. The molecular weight excluding hydrogens is 205 g/mol. The van der Waals surface area contributed by atoms with E-state index in [9.17, 15) is 13.2 Å². The Bertz CT molecular complexity index is 205. The van der Waals surface area contributed by atoms with Crippen LogP contribution in [0.5, 0.6) is 0 Å². The highest BCUT2D eigenvalue weighted by atomic mass is 19.4. The van der Waals surface area contributed by atoms with Gasteiger partial charge in [0, 0.05) is 12.1 Å². The molecule has 0 heterocycles. The number of hydrogen-bond acceptors (Lipinski definition) is 2. The minimum absolute atomic E-state index is 0.207. The second-order valence-corrected chi connectivity index (χ2v) is 4.64. The highest BCUT2D eigenvalue weighted by Gasteiger charge is 2.46. The Kier molecular flexibility index (Phi) is 3.66. The molecule has 0 unspecified atom stereocenters. The van der Waals surface area contributed by atoms with E-state index in [4.69, 9.17) is 5.73 Å². The third kappa shape index (κ3) is 2.64. The Hall–Kier alpha value is -0.290. The Morgan fingerprint density at radius 3 is 2.00 bits per heavy atom. The van der Waals surface area contributed by atoms with E-state index in [1.54, 1.807) is 0 Å². The van der Waals surface area contributed by atoms with Crippen molar-refractivity contribution in [2.24, 2.45) is 11.7 Å². The molecule has 2 nitrogen and oxygen atoms in total. The van der Waals surface area contributed by atoms with Gasteiger partial charge in [0.1, 0.15) is 0 Å². The minimum atomic E-state index is -4.03. The highest BCUT2D eigenvalue weighted by molar-refractivity contribution is 4.94. The lowest BCUT2D eigenvalue weighted by molar-refractivity contribution is -0.187. The first-order valence-corrected chi connectivity index (χ1v) is 5.26. The molecule has 0 amide bonds. The van der Waals surface area contributed by atoms with E-state index >= 15 is 0 Å². The zero-order valence-electron chi connectivity index (χ0n) is 9.27. The second kappa shape index (κ2) is 4.29. The van der Waals surface area contributed by atoms with Crippen LogP contribution < -0.4 is 5.73 Å². The van der Waals surface area contributed by atoms with Crippen LogP contribution >= 0.6 is 0 Å². The van der Waals surface area contributed by atoms with Gasteiger partial charge in [0.2, 0.25) is 0 Å². The summed E-state index contributed by atoms with van der Waals surface area (Å²) >= 11 is 0. The summed E-state index contributed by atoms with van der Waals surface area (Å²) in [5, 5.41) is 0. The van der Waals surface area contributed by atoms with Crippen molar-refractivity contribution >= 4 is 0 Å². The Labute approximate surface area is 88.6 Å². The summed E-state index contributed by atoms with van der Waals surface area (Å²) in [6.45, 7) is 0.435.